The summed E-state index contributed by atoms with van der Waals surface area (Å²) < 4.78 is 34.0. The summed E-state index contributed by atoms with van der Waals surface area (Å²) in [7, 11) is -0.911. The second-order valence-electron chi connectivity index (χ2n) is 5.49. The third-order valence-electron chi connectivity index (χ3n) is 3.76. The van der Waals surface area contributed by atoms with Crippen LogP contribution >= 0.6 is 15.9 Å². The molecule has 0 amide bonds. The van der Waals surface area contributed by atoms with Gasteiger partial charge in [0, 0.05) is 24.7 Å². The number of hydrogen-bond donors (Lipinski definition) is 0. The number of amidine groups is 1. The van der Waals surface area contributed by atoms with Gasteiger partial charge in [-0.2, -0.15) is 13.5 Å². The lowest BCUT2D eigenvalue weighted by molar-refractivity contribution is -0.385. The van der Waals surface area contributed by atoms with E-state index in [0.29, 0.717) is 5.75 Å². The summed E-state index contributed by atoms with van der Waals surface area (Å²) >= 11 is 3.38. The minimum absolute atomic E-state index is 0.0868. The number of nitrogens with zero attached hydrogens (tertiary/aromatic N) is 4. The van der Waals surface area contributed by atoms with E-state index in [4.69, 9.17) is 4.74 Å². The predicted octanol–water partition coefficient (Wildman–Crippen LogP) is 2.78. The zero-order chi connectivity index (χ0) is 19.8. The maximum atomic E-state index is 12.2. The van der Waals surface area contributed by atoms with E-state index in [9.17, 15) is 18.5 Å². The number of fused-ring (bicyclic) bond motifs is 1. The molecule has 11 heteroatoms. The van der Waals surface area contributed by atoms with Crippen LogP contribution in [0, 0.1) is 10.1 Å². The summed E-state index contributed by atoms with van der Waals surface area (Å²) in [5, 5.41) is 16.4. The Kier molecular flexibility index (Phi) is 4.98. The summed E-state index contributed by atoms with van der Waals surface area (Å²) in [5.41, 5.74) is 0.694. The highest BCUT2D eigenvalue weighted by atomic mass is 79.9. The van der Waals surface area contributed by atoms with Crippen molar-refractivity contribution in [2.24, 2.45) is 9.50 Å². The Morgan fingerprint density at radius 3 is 2.67 bits per heavy atom. The number of hydrogen-bond acceptors (Lipinski definition) is 7. The fourth-order valence-corrected chi connectivity index (χ4v) is 4.25. The summed E-state index contributed by atoms with van der Waals surface area (Å²) in [6, 6.07) is 8.92. The van der Waals surface area contributed by atoms with Crippen molar-refractivity contribution in [3.8, 4) is 5.75 Å². The molecule has 0 N–H and O–H groups in total. The van der Waals surface area contributed by atoms with Gasteiger partial charge in [-0.25, -0.2) is 5.01 Å². The number of halogens is 1. The molecule has 27 heavy (non-hydrogen) atoms. The van der Waals surface area contributed by atoms with E-state index < -0.39 is 14.9 Å². The number of hydrazone groups is 1. The molecule has 2 aromatic rings. The fraction of sp³-hybridized carbons (Fsp3) is 0.125. The smallest absolute Gasteiger partial charge is 0.285 e. The second kappa shape index (κ2) is 7.08. The number of rotatable bonds is 4. The first kappa shape index (κ1) is 19.0. The minimum Gasteiger partial charge on any atom is -0.496 e. The van der Waals surface area contributed by atoms with Crippen LogP contribution in [0.1, 0.15) is 11.1 Å². The third-order valence-corrected chi connectivity index (χ3v) is 5.69. The van der Waals surface area contributed by atoms with Gasteiger partial charge < -0.3 is 4.74 Å². The van der Waals surface area contributed by atoms with Gasteiger partial charge >= 0.3 is 0 Å². The highest BCUT2D eigenvalue weighted by Gasteiger charge is 2.32. The van der Waals surface area contributed by atoms with E-state index in [1.807, 2.05) is 0 Å². The van der Waals surface area contributed by atoms with Gasteiger partial charge in [-0.05, 0) is 45.8 Å². The Balaban J connectivity index is 1.91. The van der Waals surface area contributed by atoms with E-state index in [1.165, 1.54) is 23.4 Å². The van der Waals surface area contributed by atoms with Gasteiger partial charge in [-0.1, -0.05) is 0 Å². The number of nitro groups is 1. The molecule has 1 aliphatic heterocycles. The van der Waals surface area contributed by atoms with Crippen molar-refractivity contribution < 1.29 is 18.1 Å². The molecule has 3 rings (SSSR count). The van der Waals surface area contributed by atoms with Crippen molar-refractivity contribution in [3.63, 3.8) is 0 Å². The van der Waals surface area contributed by atoms with E-state index in [2.05, 4.69) is 25.4 Å². The SMILES string of the molecule is COc1ccc(/C=N\N(C)C2=NS(=O)(=O)c3cc([N+](=O)[O-])ccc32)cc1Br. The van der Waals surface area contributed by atoms with Crippen LogP contribution in [0.25, 0.3) is 0 Å². The Morgan fingerprint density at radius 1 is 1.30 bits per heavy atom. The molecule has 0 fully saturated rings. The van der Waals surface area contributed by atoms with E-state index in [1.54, 1.807) is 32.4 Å². The average Bonchev–Trinajstić information content (AvgIpc) is 2.90. The monoisotopic (exact) mass is 452 g/mol. The summed E-state index contributed by atoms with van der Waals surface area (Å²) in [6.07, 6.45) is 1.53. The van der Waals surface area contributed by atoms with Gasteiger partial charge in [-0.15, -0.1) is 4.40 Å². The summed E-state index contributed by atoms with van der Waals surface area (Å²) in [4.78, 5) is 10.0. The zero-order valence-corrected chi connectivity index (χ0v) is 16.6. The number of non-ortho nitro benzene ring substituents is 1. The fourth-order valence-electron chi connectivity index (χ4n) is 2.44. The van der Waals surface area contributed by atoms with Gasteiger partial charge in [-0.3, -0.25) is 10.1 Å². The van der Waals surface area contributed by atoms with E-state index in [0.717, 1.165) is 16.1 Å². The lowest BCUT2D eigenvalue weighted by atomic mass is 10.2. The molecule has 0 bridgehead atoms. The molecule has 0 radical (unpaired) electrons. The van der Waals surface area contributed by atoms with Gasteiger partial charge in [0.15, 0.2) is 5.84 Å². The largest absolute Gasteiger partial charge is 0.496 e. The molecule has 0 spiro atoms. The lowest BCUT2D eigenvalue weighted by Crippen LogP contribution is -2.21. The van der Waals surface area contributed by atoms with Crippen molar-refractivity contribution in [3.05, 3.63) is 62.1 Å². The molecule has 2 aromatic carbocycles. The van der Waals surface area contributed by atoms with Crippen LogP contribution in [0.2, 0.25) is 0 Å². The molecule has 0 saturated heterocycles. The highest BCUT2D eigenvalue weighted by Crippen LogP contribution is 2.31. The number of methoxy groups -OCH3 is 1. The van der Waals surface area contributed by atoms with Crippen molar-refractivity contribution in [2.45, 2.75) is 4.90 Å². The van der Waals surface area contributed by atoms with Crippen molar-refractivity contribution >= 4 is 43.7 Å². The van der Waals surface area contributed by atoms with Gasteiger partial charge in [0.2, 0.25) is 0 Å². The Morgan fingerprint density at radius 2 is 2.04 bits per heavy atom. The Bertz CT molecular complexity index is 1100. The molecule has 1 heterocycles. The predicted molar refractivity (Wildman–Crippen MR) is 103 cm³/mol. The lowest BCUT2D eigenvalue weighted by Gasteiger charge is -2.12. The Labute approximate surface area is 163 Å². The van der Waals surface area contributed by atoms with Crippen molar-refractivity contribution in [1.82, 2.24) is 5.01 Å². The van der Waals surface area contributed by atoms with Crippen LogP contribution in [-0.2, 0) is 10.0 Å². The first-order chi connectivity index (χ1) is 12.7. The normalized spacial score (nSPS) is 14.7. The number of nitro benzene ring substituents is 1. The quantitative estimate of drug-likeness (QED) is 0.400. The van der Waals surface area contributed by atoms with Gasteiger partial charge in [0.1, 0.15) is 10.6 Å². The van der Waals surface area contributed by atoms with Crippen LogP contribution in [0.4, 0.5) is 5.69 Å². The topological polar surface area (TPSA) is 114 Å². The molecular weight excluding hydrogens is 440 g/mol. The first-order valence-electron chi connectivity index (χ1n) is 7.48. The molecule has 140 valence electrons. The number of sulfonamides is 1. The standard InChI is InChI=1S/C16H13BrN4O5S/c1-20(18-9-10-3-6-14(26-2)13(17)7-10)16-12-5-4-11(21(22)23)8-15(12)27(24,25)19-16/h3-9H,1-2H3/b18-9-. The summed E-state index contributed by atoms with van der Waals surface area (Å²) in [5.74, 6) is 0.756. The van der Waals surface area contributed by atoms with Crippen LogP contribution < -0.4 is 4.74 Å². The molecule has 0 unspecified atom stereocenters. The number of ether oxygens (including phenoxy) is 1. The molecule has 1 aliphatic rings. The molecule has 9 nitrogen and oxygen atoms in total. The number of benzene rings is 2. The van der Waals surface area contributed by atoms with Crippen molar-refractivity contribution in [1.29, 1.82) is 0 Å². The third kappa shape index (κ3) is 3.69. The van der Waals surface area contributed by atoms with Crippen LogP contribution in [0.3, 0.4) is 0 Å². The first-order valence-corrected chi connectivity index (χ1v) is 9.71. The minimum atomic E-state index is -4.01. The second-order valence-corrected chi connectivity index (χ2v) is 7.92. The molecule has 0 atom stereocenters. The van der Waals surface area contributed by atoms with Crippen LogP contribution in [0.15, 0.2) is 55.3 Å². The maximum absolute atomic E-state index is 12.2. The zero-order valence-electron chi connectivity index (χ0n) is 14.2. The van der Waals surface area contributed by atoms with E-state index >= 15 is 0 Å². The summed E-state index contributed by atoms with van der Waals surface area (Å²) in [6.45, 7) is 0. The molecule has 0 saturated carbocycles. The van der Waals surface area contributed by atoms with Gasteiger partial charge in [0.05, 0.1) is 22.7 Å². The molecular formula is C16H13BrN4O5S. The Hall–Kier alpha value is -2.79. The van der Waals surface area contributed by atoms with Gasteiger partial charge in [0.25, 0.3) is 15.7 Å². The van der Waals surface area contributed by atoms with E-state index in [-0.39, 0.29) is 22.0 Å². The van der Waals surface area contributed by atoms with Crippen LogP contribution in [-0.4, -0.2) is 44.6 Å². The average molecular weight is 453 g/mol. The highest BCUT2D eigenvalue weighted by molar-refractivity contribution is 9.10. The molecule has 0 aliphatic carbocycles. The maximum Gasteiger partial charge on any atom is 0.285 e. The van der Waals surface area contributed by atoms with Crippen molar-refractivity contribution in [2.75, 3.05) is 14.2 Å². The molecule has 0 aromatic heterocycles. The van der Waals surface area contributed by atoms with Crippen LogP contribution in [0.5, 0.6) is 5.75 Å².